The molecule has 1 amide bonds. The molecule has 0 saturated heterocycles. The molecule has 0 bridgehead atoms. The lowest BCUT2D eigenvalue weighted by atomic mass is 10.1. The van der Waals surface area contributed by atoms with Gasteiger partial charge in [0.2, 0.25) is 0 Å². The molecule has 0 saturated carbocycles. The van der Waals surface area contributed by atoms with E-state index in [2.05, 4.69) is 10.3 Å². The average Bonchev–Trinajstić information content (AvgIpc) is 2.35. The molecular weight excluding hydrogens is 254 g/mol. The molecule has 0 atom stereocenters. The van der Waals surface area contributed by atoms with Gasteiger partial charge in [-0.25, -0.2) is 0 Å². The first-order valence-electron chi connectivity index (χ1n) is 6.26. The summed E-state index contributed by atoms with van der Waals surface area (Å²) in [4.78, 5) is 26.8. The van der Waals surface area contributed by atoms with E-state index in [1.54, 1.807) is 13.0 Å². The summed E-state index contributed by atoms with van der Waals surface area (Å²) in [5.41, 5.74) is 9.37. The Bertz CT molecular complexity index is 732. The minimum atomic E-state index is -0.447. The molecule has 4 N–H and O–H groups in total. The van der Waals surface area contributed by atoms with Crippen LogP contribution in [0.4, 0.5) is 11.4 Å². The van der Waals surface area contributed by atoms with E-state index >= 15 is 0 Å². The van der Waals surface area contributed by atoms with Gasteiger partial charge in [0.05, 0.1) is 0 Å². The summed E-state index contributed by atoms with van der Waals surface area (Å²) in [5, 5.41) is 2.72. The minimum Gasteiger partial charge on any atom is -0.398 e. The number of anilines is 2. The lowest BCUT2D eigenvalue weighted by Gasteiger charge is -2.11. The molecule has 0 unspecified atom stereocenters. The molecule has 0 aliphatic carbocycles. The predicted molar refractivity (Wildman–Crippen MR) is 80.1 cm³/mol. The van der Waals surface area contributed by atoms with Crippen molar-refractivity contribution in [1.29, 1.82) is 0 Å². The van der Waals surface area contributed by atoms with Crippen molar-refractivity contribution in [3.05, 3.63) is 57.0 Å². The fourth-order valence-corrected chi connectivity index (χ4v) is 1.94. The highest BCUT2D eigenvalue weighted by molar-refractivity contribution is 6.04. The van der Waals surface area contributed by atoms with E-state index < -0.39 is 5.91 Å². The molecule has 0 fully saturated rings. The fourth-order valence-electron chi connectivity index (χ4n) is 1.94. The third kappa shape index (κ3) is 2.71. The van der Waals surface area contributed by atoms with E-state index in [9.17, 15) is 9.59 Å². The van der Waals surface area contributed by atoms with Crippen molar-refractivity contribution >= 4 is 17.3 Å². The third-order valence-corrected chi connectivity index (χ3v) is 3.16. The Balaban J connectivity index is 2.33. The number of nitrogens with two attached hydrogens (primary N) is 1. The van der Waals surface area contributed by atoms with Crippen LogP contribution in [0, 0.1) is 20.8 Å². The maximum atomic E-state index is 12.1. The lowest BCUT2D eigenvalue weighted by Crippen LogP contribution is -2.22. The van der Waals surface area contributed by atoms with Gasteiger partial charge in [-0.3, -0.25) is 9.59 Å². The number of hydrogen-bond donors (Lipinski definition) is 3. The lowest BCUT2D eigenvalue weighted by molar-refractivity contribution is 0.102. The maximum absolute atomic E-state index is 12.1. The molecule has 1 aromatic heterocycles. The van der Waals surface area contributed by atoms with E-state index in [4.69, 9.17) is 5.73 Å². The van der Waals surface area contributed by atoms with E-state index in [1.807, 2.05) is 19.9 Å². The molecule has 2 rings (SSSR count). The number of amides is 1. The predicted octanol–water partition coefficient (Wildman–Crippen LogP) is 2.13. The van der Waals surface area contributed by atoms with Crippen molar-refractivity contribution in [2.75, 3.05) is 11.1 Å². The molecule has 0 radical (unpaired) electrons. The van der Waals surface area contributed by atoms with Gasteiger partial charge in [0.1, 0.15) is 5.56 Å². The highest BCUT2D eigenvalue weighted by atomic mass is 16.2. The molecule has 0 spiro atoms. The number of pyridine rings is 1. The van der Waals surface area contributed by atoms with Crippen LogP contribution in [0.3, 0.4) is 0 Å². The smallest absolute Gasteiger partial charge is 0.261 e. The van der Waals surface area contributed by atoms with Gasteiger partial charge in [-0.2, -0.15) is 0 Å². The van der Waals surface area contributed by atoms with Gasteiger partial charge in [0.15, 0.2) is 5.43 Å². The molecular formula is C15H17N3O2. The van der Waals surface area contributed by atoms with E-state index in [1.165, 1.54) is 12.3 Å². The summed E-state index contributed by atoms with van der Waals surface area (Å²) < 4.78 is 0. The Morgan fingerprint density at radius 1 is 1.15 bits per heavy atom. The number of aryl methyl sites for hydroxylation is 3. The van der Waals surface area contributed by atoms with Crippen molar-refractivity contribution < 1.29 is 4.79 Å². The molecule has 104 valence electrons. The molecule has 2 aromatic rings. The van der Waals surface area contributed by atoms with Gasteiger partial charge < -0.3 is 16.0 Å². The van der Waals surface area contributed by atoms with Gasteiger partial charge in [0.25, 0.3) is 5.91 Å². The average molecular weight is 271 g/mol. The normalized spacial score (nSPS) is 10.3. The molecule has 0 aliphatic rings. The summed E-state index contributed by atoms with van der Waals surface area (Å²) in [6.07, 6.45) is 1.42. The highest BCUT2D eigenvalue weighted by Crippen LogP contribution is 2.22. The first-order chi connectivity index (χ1) is 9.38. The second kappa shape index (κ2) is 5.21. The summed E-state index contributed by atoms with van der Waals surface area (Å²) in [6, 6.07) is 4.99. The van der Waals surface area contributed by atoms with Crippen molar-refractivity contribution in [2.24, 2.45) is 0 Å². The summed E-state index contributed by atoms with van der Waals surface area (Å²) >= 11 is 0. The number of aromatic nitrogens is 1. The first-order valence-corrected chi connectivity index (χ1v) is 6.26. The summed E-state index contributed by atoms with van der Waals surface area (Å²) in [7, 11) is 0. The van der Waals surface area contributed by atoms with Crippen LogP contribution in [0.25, 0.3) is 0 Å². The van der Waals surface area contributed by atoms with Gasteiger partial charge in [-0.15, -0.1) is 0 Å². The molecule has 0 aliphatic heterocycles. The van der Waals surface area contributed by atoms with E-state index in [0.29, 0.717) is 17.1 Å². The first kappa shape index (κ1) is 13.9. The maximum Gasteiger partial charge on any atom is 0.261 e. The third-order valence-electron chi connectivity index (χ3n) is 3.16. The molecule has 5 nitrogen and oxygen atoms in total. The minimum absolute atomic E-state index is 0.0779. The molecule has 1 heterocycles. The number of benzene rings is 1. The van der Waals surface area contributed by atoms with Crippen LogP contribution in [-0.4, -0.2) is 10.9 Å². The molecule has 5 heteroatoms. The Kier molecular flexibility index (Phi) is 3.61. The van der Waals surface area contributed by atoms with Crippen LogP contribution >= 0.6 is 0 Å². The van der Waals surface area contributed by atoms with Crippen LogP contribution in [0.1, 0.15) is 27.2 Å². The van der Waals surface area contributed by atoms with Crippen molar-refractivity contribution in [1.82, 2.24) is 4.98 Å². The number of aromatic amines is 1. The van der Waals surface area contributed by atoms with Crippen LogP contribution in [-0.2, 0) is 0 Å². The largest absolute Gasteiger partial charge is 0.398 e. The highest BCUT2D eigenvalue weighted by Gasteiger charge is 2.12. The number of nitrogens with one attached hydrogen (secondary N) is 2. The number of nitrogen functional groups attached to an aromatic ring is 1. The number of hydrogen-bond acceptors (Lipinski definition) is 3. The summed E-state index contributed by atoms with van der Waals surface area (Å²) in [5.74, 6) is -0.447. The van der Waals surface area contributed by atoms with Crippen molar-refractivity contribution in [3.63, 3.8) is 0 Å². The van der Waals surface area contributed by atoms with Crippen LogP contribution in [0.15, 0.2) is 29.2 Å². The second-order valence-electron chi connectivity index (χ2n) is 4.87. The second-order valence-corrected chi connectivity index (χ2v) is 4.87. The number of carbonyl (C=O) groups is 1. The standard InChI is InChI=1S/C15H17N3O2/c1-8-4-9(2)13(6-12(8)16)18-15(20)11-7-17-10(3)5-14(11)19/h4-7H,16H2,1-3H3,(H,17,19)(H,18,20). The van der Waals surface area contributed by atoms with Crippen LogP contribution in [0.5, 0.6) is 0 Å². The Morgan fingerprint density at radius 3 is 2.50 bits per heavy atom. The van der Waals surface area contributed by atoms with Crippen LogP contribution < -0.4 is 16.5 Å². The summed E-state index contributed by atoms with van der Waals surface area (Å²) in [6.45, 7) is 5.54. The zero-order valence-electron chi connectivity index (χ0n) is 11.7. The van der Waals surface area contributed by atoms with Gasteiger partial charge in [0, 0.05) is 29.3 Å². The zero-order chi connectivity index (χ0) is 14.9. The molecule has 1 aromatic carbocycles. The number of carbonyl (C=O) groups excluding carboxylic acids is 1. The Morgan fingerprint density at radius 2 is 1.85 bits per heavy atom. The van der Waals surface area contributed by atoms with Crippen molar-refractivity contribution in [3.8, 4) is 0 Å². The van der Waals surface area contributed by atoms with Crippen molar-refractivity contribution in [2.45, 2.75) is 20.8 Å². The Labute approximate surface area is 116 Å². The van der Waals surface area contributed by atoms with E-state index in [0.717, 1.165) is 11.1 Å². The van der Waals surface area contributed by atoms with Crippen LogP contribution in [0.2, 0.25) is 0 Å². The monoisotopic (exact) mass is 271 g/mol. The fraction of sp³-hybridized carbons (Fsp3) is 0.200. The Hall–Kier alpha value is -2.56. The van der Waals surface area contributed by atoms with Gasteiger partial charge in [-0.1, -0.05) is 6.07 Å². The van der Waals surface area contributed by atoms with E-state index in [-0.39, 0.29) is 11.0 Å². The quantitative estimate of drug-likeness (QED) is 0.731. The molecule has 20 heavy (non-hydrogen) atoms. The van der Waals surface area contributed by atoms with Gasteiger partial charge >= 0.3 is 0 Å². The number of rotatable bonds is 2. The SMILES string of the molecule is Cc1cc(=O)c(C(=O)Nc2cc(N)c(C)cc2C)c[nH]1. The zero-order valence-corrected chi connectivity index (χ0v) is 11.7. The topological polar surface area (TPSA) is 88.0 Å². The number of H-pyrrole nitrogens is 1. The van der Waals surface area contributed by atoms with Gasteiger partial charge in [-0.05, 0) is 38.0 Å².